The molecule has 7 nitrogen and oxygen atoms in total. The molecule has 0 unspecified atom stereocenters. The summed E-state index contributed by atoms with van der Waals surface area (Å²) in [6.07, 6.45) is 2.88. The van der Waals surface area contributed by atoms with Crippen LogP contribution in [0.1, 0.15) is 38.7 Å². The molecule has 0 bridgehead atoms. The first-order valence-corrected chi connectivity index (χ1v) is 10.5. The first kappa shape index (κ1) is 19.5. The van der Waals surface area contributed by atoms with Gasteiger partial charge < -0.3 is 9.47 Å². The largest absolute Gasteiger partial charge is 0.338 e. The fraction of sp³-hybridized carbons (Fsp3) is 0.500. The summed E-state index contributed by atoms with van der Waals surface area (Å²) in [4.78, 5) is 33.1. The summed E-state index contributed by atoms with van der Waals surface area (Å²) in [6, 6.07) is 10.3. The summed E-state index contributed by atoms with van der Waals surface area (Å²) >= 11 is 0. The van der Waals surface area contributed by atoms with Gasteiger partial charge in [-0.15, -0.1) is 0 Å². The van der Waals surface area contributed by atoms with Gasteiger partial charge in [-0.05, 0) is 17.9 Å². The van der Waals surface area contributed by atoms with Crippen molar-refractivity contribution in [1.82, 2.24) is 18.7 Å². The van der Waals surface area contributed by atoms with Gasteiger partial charge in [-0.25, -0.2) is 4.79 Å². The lowest BCUT2D eigenvalue weighted by Crippen LogP contribution is -2.41. The Kier molecular flexibility index (Phi) is 5.30. The van der Waals surface area contributed by atoms with Crippen LogP contribution in [0, 0.1) is 5.92 Å². The second kappa shape index (κ2) is 7.89. The molecule has 3 heterocycles. The second-order valence-corrected chi connectivity index (χ2v) is 8.17. The van der Waals surface area contributed by atoms with Crippen molar-refractivity contribution in [1.29, 1.82) is 0 Å². The topological polar surface area (TPSA) is 65.1 Å². The SMILES string of the molecule is CCCCCn1c(=O)c2c(nc3n2C[C@@H](C)CN3Cc2ccccc2)n(C)c1=O. The van der Waals surface area contributed by atoms with Gasteiger partial charge in [0.2, 0.25) is 5.95 Å². The number of anilines is 1. The van der Waals surface area contributed by atoms with Crippen molar-refractivity contribution >= 4 is 17.1 Å². The van der Waals surface area contributed by atoms with Crippen molar-refractivity contribution in [3.05, 3.63) is 56.7 Å². The number of nitrogens with zero attached hydrogens (tertiary/aromatic N) is 5. The lowest BCUT2D eigenvalue weighted by atomic mass is 10.1. The third-order valence-electron chi connectivity index (χ3n) is 5.72. The molecule has 0 spiro atoms. The zero-order chi connectivity index (χ0) is 20.5. The van der Waals surface area contributed by atoms with Crippen molar-refractivity contribution < 1.29 is 0 Å². The van der Waals surface area contributed by atoms with Crippen LogP contribution < -0.4 is 16.1 Å². The Hall–Kier alpha value is -2.83. The molecule has 29 heavy (non-hydrogen) atoms. The van der Waals surface area contributed by atoms with Gasteiger partial charge in [-0.1, -0.05) is 57.0 Å². The molecule has 4 rings (SSSR count). The lowest BCUT2D eigenvalue weighted by molar-refractivity contribution is 0.434. The van der Waals surface area contributed by atoms with Crippen molar-refractivity contribution in [2.75, 3.05) is 11.4 Å². The zero-order valence-electron chi connectivity index (χ0n) is 17.5. The van der Waals surface area contributed by atoms with Crippen LogP contribution in [0.5, 0.6) is 0 Å². The monoisotopic (exact) mass is 395 g/mol. The van der Waals surface area contributed by atoms with Gasteiger partial charge in [-0.2, -0.15) is 4.98 Å². The van der Waals surface area contributed by atoms with E-state index in [4.69, 9.17) is 4.98 Å². The minimum absolute atomic E-state index is 0.216. The zero-order valence-corrected chi connectivity index (χ0v) is 17.5. The van der Waals surface area contributed by atoms with Gasteiger partial charge in [0.05, 0.1) is 0 Å². The average Bonchev–Trinajstić information content (AvgIpc) is 3.09. The predicted molar refractivity (Wildman–Crippen MR) is 115 cm³/mol. The standard InChI is InChI=1S/C22H29N5O2/c1-4-5-9-12-26-20(28)18-19(24(3)22(26)29)23-21-25(13-16(2)14-27(18)21)15-17-10-7-6-8-11-17/h6-8,10-11,16H,4-5,9,12-15H2,1-3H3/t16-/m0/s1. The number of rotatable bonds is 6. The molecule has 0 aliphatic carbocycles. The number of hydrogen-bond donors (Lipinski definition) is 0. The Morgan fingerprint density at radius 2 is 1.86 bits per heavy atom. The first-order chi connectivity index (χ1) is 14.0. The maximum atomic E-state index is 13.3. The van der Waals surface area contributed by atoms with E-state index >= 15 is 0 Å². The van der Waals surface area contributed by atoms with E-state index in [1.54, 1.807) is 7.05 Å². The van der Waals surface area contributed by atoms with E-state index in [-0.39, 0.29) is 11.2 Å². The van der Waals surface area contributed by atoms with Gasteiger partial charge in [0, 0.05) is 33.2 Å². The summed E-state index contributed by atoms with van der Waals surface area (Å²) < 4.78 is 4.93. The van der Waals surface area contributed by atoms with Crippen LogP contribution >= 0.6 is 0 Å². The van der Waals surface area contributed by atoms with E-state index in [0.29, 0.717) is 23.6 Å². The highest BCUT2D eigenvalue weighted by atomic mass is 16.2. The van der Waals surface area contributed by atoms with Crippen molar-refractivity contribution in [3.63, 3.8) is 0 Å². The Bertz CT molecular complexity index is 1130. The van der Waals surface area contributed by atoms with E-state index in [1.165, 1.54) is 14.7 Å². The summed E-state index contributed by atoms with van der Waals surface area (Å²) in [5, 5.41) is 0. The highest BCUT2D eigenvalue weighted by Gasteiger charge is 2.28. The Morgan fingerprint density at radius 3 is 2.59 bits per heavy atom. The van der Waals surface area contributed by atoms with Crippen molar-refractivity contribution in [2.24, 2.45) is 13.0 Å². The van der Waals surface area contributed by atoms with Crippen LogP contribution in [0.25, 0.3) is 11.2 Å². The third kappa shape index (κ3) is 3.50. The lowest BCUT2D eigenvalue weighted by Gasteiger charge is -2.33. The fourth-order valence-electron chi connectivity index (χ4n) is 4.26. The molecule has 0 radical (unpaired) electrons. The Morgan fingerprint density at radius 1 is 1.10 bits per heavy atom. The van der Waals surface area contributed by atoms with Crippen molar-refractivity contribution in [3.8, 4) is 0 Å². The van der Waals surface area contributed by atoms with E-state index < -0.39 is 0 Å². The molecule has 1 atom stereocenters. The van der Waals surface area contributed by atoms with Crippen molar-refractivity contribution in [2.45, 2.75) is 52.7 Å². The number of benzene rings is 1. The maximum Gasteiger partial charge on any atom is 0.332 e. The molecule has 7 heteroatoms. The van der Waals surface area contributed by atoms with Crippen LogP contribution in [-0.4, -0.2) is 25.2 Å². The molecule has 1 aliphatic heterocycles. The van der Waals surface area contributed by atoms with Crippen LogP contribution in [0.2, 0.25) is 0 Å². The van der Waals surface area contributed by atoms with E-state index in [2.05, 4.69) is 30.9 Å². The van der Waals surface area contributed by atoms with Gasteiger partial charge in [0.1, 0.15) is 0 Å². The minimum atomic E-state index is -0.281. The minimum Gasteiger partial charge on any atom is -0.338 e. The van der Waals surface area contributed by atoms with Gasteiger partial charge in [-0.3, -0.25) is 13.9 Å². The quantitative estimate of drug-likeness (QED) is 0.602. The number of fused-ring (bicyclic) bond motifs is 3. The summed E-state index contributed by atoms with van der Waals surface area (Å²) in [5.41, 5.74) is 1.73. The molecule has 1 aromatic carbocycles. The smallest absolute Gasteiger partial charge is 0.332 e. The van der Waals surface area contributed by atoms with E-state index in [9.17, 15) is 9.59 Å². The van der Waals surface area contributed by atoms with Gasteiger partial charge >= 0.3 is 5.69 Å². The van der Waals surface area contributed by atoms with E-state index in [0.717, 1.165) is 44.8 Å². The second-order valence-electron chi connectivity index (χ2n) is 8.17. The molecule has 0 N–H and O–H groups in total. The van der Waals surface area contributed by atoms with Crippen LogP contribution in [0.4, 0.5) is 5.95 Å². The average molecular weight is 396 g/mol. The number of hydrogen-bond acceptors (Lipinski definition) is 4. The maximum absolute atomic E-state index is 13.3. The van der Waals surface area contributed by atoms with Crippen LogP contribution in [0.3, 0.4) is 0 Å². The summed E-state index contributed by atoms with van der Waals surface area (Å²) in [7, 11) is 1.71. The number of unbranched alkanes of at least 4 members (excludes halogenated alkanes) is 2. The number of aromatic nitrogens is 4. The molecule has 154 valence electrons. The van der Waals surface area contributed by atoms with E-state index in [1.807, 2.05) is 22.8 Å². The van der Waals surface area contributed by atoms with Crippen LogP contribution in [-0.2, 0) is 26.7 Å². The van der Waals surface area contributed by atoms with Gasteiger partial charge in [0.25, 0.3) is 5.56 Å². The highest BCUT2D eigenvalue weighted by Crippen LogP contribution is 2.28. The molecule has 2 aromatic heterocycles. The Labute approximate surface area is 170 Å². The summed E-state index contributed by atoms with van der Waals surface area (Å²) in [6.45, 7) is 7.09. The van der Waals surface area contributed by atoms with Crippen LogP contribution in [0.15, 0.2) is 39.9 Å². The molecule has 0 saturated carbocycles. The molecule has 3 aromatic rings. The molecular weight excluding hydrogens is 366 g/mol. The number of imidazole rings is 1. The predicted octanol–water partition coefficient (Wildman–Crippen LogP) is 2.74. The number of aryl methyl sites for hydroxylation is 1. The Balaban J connectivity index is 1.84. The molecule has 1 aliphatic rings. The highest BCUT2D eigenvalue weighted by molar-refractivity contribution is 5.75. The molecule has 0 saturated heterocycles. The van der Waals surface area contributed by atoms with Gasteiger partial charge in [0.15, 0.2) is 11.2 Å². The molecule has 0 amide bonds. The summed E-state index contributed by atoms with van der Waals surface area (Å²) in [5.74, 6) is 1.16. The third-order valence-corrected chi connectivity index (χ3v) is 5.72. The normalized spacial score (nSPS) is 16.4. The first-order valence-electron chi connectivity index (χ1n) is 10.5. The molecular formula is C22H29N5O2. The molecule has 0 fully saturated rings. The fourth-order valence-corrected chi connectivity index (χ4v) is 4.26.